The van der Waals surface area contributed by atoms with E-state index in [2.05, 4.69) is 108 Å². The summed E-state index contributed by atoms with van der Waals surface area (Å²) in [5.74, 6) is 0. The van der Waals surface area contributed by atoms with Gasteiger partial charge in [0, 0.05) is 42.2 Å². The van der Waals surface area contributed by atoms with E-state index in [0.717, 1.165) is 53.3 Å². The van der Waals surface area contributed by atoms with Crippen molar-refractivity contribution in [2.45, 2.75) is 45.4 Å². The molecular weight excluding hydrogens is 1240 g/mol. The molecule has 14 nitrogen and oxygen atoms in total. The first kappa shape index (κ1) is 54.5. The summed E-state index contributed by atoms with van der Waals surface area (Å²) in [4.78, 5) is 4.16. The van der Waals surface area contributed by atoms with Crippen LogP contribution >= 0.6 is 91.4 Å². The topological polar surface area (TPSA) is 193 Å². The van der Waals surface area contributed by atoms with Crippen LogP contribution in [0.2, 0.25) is 0 Å². The second-order valence-electron chi connectivity index (χ2n) is 12.9. The van der Waals surface area contributed by atoms with Gasteiger partial charge in [-0.05, 0) is 63.0 Å². The monoisotopic (exact) mass is 1270 g/mol. The Kier molecular flexibility index (Phi) is 21.4. The van der Waals surface area contributed by atoms with E-state index < -0.39 is 51.9 Å². The fourth-order valence-electron chi connectivity index (χ4n) is 4.88. The molecule has 0 saturated carbocycles. The Morgan fingerprint density at radius 2 is 1.31 bits per heavy atom. The minimum absolute atomic E-state index is 0. The zero-order chi connectivity index (χ0) is 43.1. The van der Waals surface area contributed by atoms with Gasteiger partial charge in [0.05, 0.1) is 59.9 Å². The van der Waals surface area contributed by atoms with Crippen LogP contribution in [-0.4, -0.2) is 90.9 Å². The first-order chi connectivity index (χ1) is 26.2. The van der Waals surface area contributed by atoms with E-state index in [-0.39, 0.29) is 31.0 Å². The molecule has 58 heavy (non-hydrogen) atoms. The van der Waals surface area contributed by atoms with Gasteiger partial charge in [0.1, 0.15) is 0 Å². The maximum absolute atomic E-state index is 11.8. The average Bonchev–Trinajstić information content (AvgIpc) is 3.86. The molecule has 0 bridgehead atoms. The molecule has 1 saturated heterocycles. The maximum atomic E-state index is 11.8. The summed E-state index contributed by atoms with van der Waals surface area (Å²) in [5, 5.41) is 9.32. The Labute approximate surface area is 415 Å². The van der Waals surface area contributed by atoms with Crippen LogP contribution in [0, 0.1) is 0 Å². The number of hydrogen-bond donors (Lipinski definition) is 0. The molecule has 0 aliphatic carbocycles. The Hall–Kier alpha value is 0.360. The Morgan fingerprint density at radius 3 is 1.76 bits per heavy atom. The summed E-state index contributed by atoms with van der Waals surface area (Å²) in [6, 6.07) is 16.9. The van der Waals surface area contributed by atoms with Crippen LogP contribution in [0.5, 0.6) is 0 Å². The fourth-order valence-corrected chi connectivity index (χ4v) is 14.6. The van der Waals surface area contributed by atoms with Gasteiger partial charge < -0.3 is 10.7 Å². The van der Waals surface area contributed by atoms with Crippen LogP contribution in [0.3, 0.4) is 0 Å². The van der Waals surface area contributed by atoms with Gasteiger partial charge in [-0.15, -0.1) is 0 Å². The third kappa shape index (κ3) is 15.9. The van der Waals surface area contributed by atoms with Crippen molar-refractivity contribution in [1.29, 1.82) is 0 Å². The van der Waals surface area contributed by atoms with E-state index in [4.69, 9.17) is 14.8 Å². The van der Waals surface area contributed by atoms with Crippen molar-refractivity contribution in [2.24, 2.45) is 4.99 Å². The Morgan fingerprint density at radius 1 is 0.862 bits per heavy atom. The normalized spacial score (nSPS) is 15.1. The van der Waals surface area contributed by atoms with Crippen molar-refractivity contribution in [3.05, 3.63) is 92.6 Å². The van der Waals surface area contributed by atoms with E-state index >= 15 is 0 Å². The van der Waals surface area contributed by atoms with Gasteiger partial charge >= 0.3 is 105 Å². The number of fused-ring (bicyclic) bond motifs is 3. The van der Waals surface area contributed by atoms with E-state index in [0.29, 0.717) is 16.4 Å². The largest absolute Gasteiger partial charge is 1.00 e. The van der Waals surface area contributed by atoms with Gasteiger partial charge in [-0.25, -0.2) is 25.3 Å². The van der Waals surface area contributed by atoms with Crippen molar-refractivity contribution in [3.63, 3.8) is 0 Å². The molecule has 2 aliphatic rings. The van der Waals surface area contributed by atoms with Gasteiger partial charge in [-0.1, -0.05) is 62.2 Å². The minimum Gasteiger partial charge on any atom is 1.00 e. The quantitative estimate of drug-likeness (QED) is 0.101. The zero-order valence-corrected chi connectivity index (χ0v) is 46.7. The van der Waals surface area contributed by atoms with Crippen molar-refractivity contribution in [2.75, 3.05) is 18.8 Å². The molecule has 0 amide bonds. The fraction of sp³-hybridized carbons (Fsp3) is 0.323. The van der Waals surface area contributed by atoms with Crippen LogP contribution in [0.4, 0.5) is 0 Å². The average molecular weight is 1270 g/mol. The molecule has 0 spiro atoms. The molecule has 4 heterocycles. The summed E-state index contributed by atoms with van der Waals surface area (Å²) in [6.07, 6.45) is 8.16. The maximum Gasteiger partial charge on any atom is 1.00 e. The molecular formula is C31H37B2Br2ClI2N6NaO8PS4. The molecule has 1 atom stereocenters. The molecule has 2 aliphatic heterocycles. The third-order valence-electron chi connectivity index (χ3n) is 8.04. The van der Waals surface area contributed by atoms with Crippen LogP contribution in [0.25, 0.3) is 27.3 Å². The molecule has 7 rings (SSSR count). The second kappa shape index (κ2) is 22.8. The summed E-state index contributed by atoms with van der Waals surface area (Å²) in [5.41, 5.74) is 10.5. The molecule has 0 radical (unpaired) electrons. The van der Waals surface area contributed by atoms with E-state index in [1.165, 1.54) is 23.5 Å². The number of halogens is 5. The molecule has 1 N–H and O–H groups in total. The van der Waals surface area contributed by atoms with Crippen molar-refractivity contribution < 1.29 is 65.5 Å². The predicted octanol–water partition coefficient (Wildman–Crippen LogP) is 5.18. The molecule has 1 fully saturated rings. The number of benzene rings is 3. The smallest absolute Gasteiger partial charge is 1.00 e. The van der Waals surface area contributed by atoms with Gasteiger partial charge in [-0.3, -0.25) is 4.99 Å². The third-order valence-corrected chi connectivity index (χ3v) is 16.4. The number of hydrogen-bond acceptors (Lipinski definition) is 11. The predicted molar refractivity (Wildman–Crippen MR) is 263 cm³/mol. The molecule has 1 unspecified atom stereocenters. The van der Waals surface area contributed by atoms with Crippen molar-refractivity contribution in [3.8, 4) is 0 Å². The summed E-state index contributed by atoms with van der Waals surface area (Å²) < 4.78 is 82.5. The van der Waals surface area contributed by atoms with Crippen molar-refractivity contribution >= 4 is 176 Å². The first-order valence-electron chi connectivity index (χ1n) is 16.0. The molecule has 5 aromatic rings. The van der Waals surface area contributed by atoms with Gasteiger partial charge in [0.25, 0.3) is 20.0 Å². The van der Waals surface area contributed by atoms with Gasteiger partial charge in [0.15, 0.2) is 0 Å². The van der Waals surface area contributed by atoms with Gasteiger partial charge in [-0.2, -0.15) is 18.4 Å². The van der Waals surface area contributed by atoms with E-state index in [1.54, 1.807) is 34.6 Å². The number of nitrogens with one attached hydrogen (secondary N) is 1. The number of rotatable bonds is 3. The summed E-state index contributed by atoms with van der Waals surface area (Å²) in [6.45, 7) is 8.76. The number of aliphatic imine (C=N–C) groups is 1. The second-order valence-corrected chi connectivity index (χ2v) is 30.3. The van der Waals surface area contributed by atoms with Crippen LogP contribution in [0.1, 0.15) is 40.2 Å². The summed E-state index contributed by atoms with van der Waals surface area (Å²) in [7, 11) is -4.44. The number of aromatic nitrogens is 4. The van der Waals surface area contributed by atoms with E-state index in [9.17, 15) is 25.3 Å². The van der Waals surface area contributed by atoms with Crippen LogP contribution < -0.4 is 35.0 Å². The minimum atomic E-state index is -3.45. The first-order valence-corrected chi connectivity index (χ1v) is 30.8. The molecule has 310 valence electrons. The molecule has 3 aromatic carbocycles. The Balaban J connectivity index is 0.000000406. The zero-order valence-electron chi connectivity index (χ0n) is 33.3. The van der Waals surface area contributed by atoms with Crippen molar-refractivity contribution in [1.82, 2.24) is 18.4 Å². The SMILES string of the molecule is Brc1cccc2c1C=NC2.CC1(C)OB(c2cccc3c2cnn3S(C)(=O)=O)OC1(C)C.CS(=O)(=O)Cl.CS(=O)(=O)n1ncc2c(Br)cccc21.[H-].[NH-][P+](I)=S=BI.[Na+]. The van der Waals surface area contributed by atoms with Crippen LogP contribution in [-0.2, 0) is 55.3 Å². The molecule has 2 aromatic heterocycles. The molecule has 27 heteroatoms. The summed E-state index contributed by atoms with van der Waals surface area (Å²) >= 11 is 11.0. The van der Waals surface area contributed by atoms with Gasteiger partial charge in [0.2, 0.25) is 9.05 Å². The number of nitrogens with zero attached hydrogens (tertiary/aromatic N) is 5. The standard InChI is InChI=1S/C14H19BN2O4S.C8H7BrN2O2S.C8H6BrN.CH3ClO2S.BHI2NPS.Na.H/c1-13(2)14(3,4)21-15(20-13)11-7-6-8-12-10(11)9-16-17(12)22(5,18)19;1-14(12,13)11-8-4-2-3-7(9)6(8)5-10-11;9-8-3-1-2-6-4-10-5-7(6)8;1-5(2,3)4;2-1-6-5(3)4;;/h6-9H,1-5H3;2-5H,1H3;1-3,5H,4H2;1H3;4H;;/q;;;;;+1;-1. The van der Waals surface area contributed by atoms with E-state index in [1.807, 2.05) is 62.2 Å². The van der Waals surface area contributed by atoms with Crippen LogP contribution in [0.15, 0.2) is 80.9 Å². The Bertz CT molecular complexity index is 2690.